The highest BCUT2D eigenvalue weighted by molar-refractivity contribution is 6.16. The molecular formula is C13H17ClN2O. The fraction of sp³-hybridized carbons (Fsp3) is 0.462. The SMILES string of the molecule is COCC(C)(C)n1c(CCl)nc2ccccc21. The molecule has 0 spiro atoms. The zero-order valence-electron chi connectivity index (χ0n) is 10.4. The fourth-order valence-corrected chi connectivity index (χ4v) is 2.44. The first-order chi connectivity index (χ1) is 8.10. The van der Waals surface area contributed by atoms with Gasteiger partial charge in [-0.3, -0.25) is 0 Å². The van der Waals surface area contributed by atoms with Gasteiger partial charge in [0.1, 0.15) is 5.82 Å². The summed E-state index contributed by atoms with van der Waals surface area (Å²) in [5, 5.41) is 0. The van der Waals surface area contributed by atoms with Gasteiger partial charge >= 0.3 is 0 Å². The van der Waals surface area contributed by atoms with Gasteiger partial charge in [0.05, 0.1) is 29.1 Å². The molecule has 0 radical (unpaired) electrons. The second-order valence-corrected chi connectivity index (χ2v) is 5.00. The standard InChI is InChI=1S/C13H17ClN2O/c1-13(2,9-17-3)16-11-7-5-4-6-10(11)15-12(16)8-14/h4-7H,8-9H2,1-3H3. The van der Waals surface area contributed by atoms with Crippen LogP contribution in [0.4, 0.5) is 0 Å². The second-order valence-electron chi connectivity index (χ2n) is 4.73. The number of rotatable bonds is 4. The lowest BCUT2D eigenvalue weighted by Gasteiger charge is -2.28. The first kappa shape index (κ1) is 12.4. The van der Waals surface area contributed by atoms with E-state index in [1.807, 2.05) is 18.2 Å². The van der Waals surface area contributed by atoms with Crippen LogP contribution in [0.1, 0.15) is 19.7 Å². The summed E-state index contributed by atoms with van der Waals surface area (Å²) in [6.07, 6.45) is 0. The highest BCUT2D eigenvalue weighted by Gasteiger charge is 2.25. The van der Waals surface area contributed by atoms with Gasteiger partial charge in [0, 0.05) is 7.11 Å². The van der Waals surface area contributed by atoms with Crippen LogP contribution in [0.15, 0.2) is 24.3 Å². The lowest BCUT2D eigenvalue weighted by atomic mass is 10.1. The Bertz CT molecular complexity index is 519. The monoisotopic (exact) mass is 252 g/mol. The third-order valence-electron chi connectivity index (χ3n) is 2.85. The van der Waals surface area contributed by atoms with Crippen molar-refractivity contribution in [1.29, 1.82) is 0 Å². The van der Waals surface area contributed by atoms with E-state index in [4.69, 9.17) is 16.3 Å². The maximum absolute atomic E-state index is 5.99. The Hall–Kier alpha value is -1.06. The summed E-state index contributed by atoms with van der Waals surface area (Å²) in [6, 6.07) is 8.07. The minimum Gasteiger partial charge on any atom is -0.382 e. The van der Waals surface area contributed by atoms with Crippen LogP contribution in [0.25, 0.3) is 11.0 Å². The van der Waals surface area contributed by atoms with Gasteiger partial charge in [-0.05, 0) is 26.0 Å². The molecule has 92 valence electrons. The third kappa shape index (κ3) is 2.17. The summed E-state index contributed by atoms with van der Waals surface area (Å²) in [5.41, 5.74) is 1.92. The molecule has 0 fully saturated rings. The molecule has 0 aliphatic rings. The van der Waals surface area contributed by atoms with E-state index in [0.29, 0.717) is 12.5 Å². The number of nitrogens with zero attached hydrogens (tertiary/aromatic N) is 2. The molecule has 0 aliphatic carbocycles. The zero-order valence-corrected chi connectivity index (χ0v) is 11.2. The van der Waals surface area contributed by atoms with Crippen LogP contribution in [0.3, 0.4) is 0 Å². The zero-order chi connectivity index (χ0) is 12.5. The van der Waals surface area contributed by atoms with E-state index in [0.717, 1.165) is 16.9 Å². The van der Waals surface area contributed by atoms with Crippen LogP contribution in [-0.2, 0) is 16.2 Å². The van der Waals surface area contributed by atoms with Crippen molar-refractivity contribution < 1.29 is 4.74 Å². The van der Waals surface area contributed by atoms with Crippen molar-refractivity contribution in [2.24, 2.45) is 0 Å². The highest BCUT2D eigenvalue weighted by atomic mass is 35.5. The number of benzene rings is 1. The van der Waals surface area contributed by atoms with Gasteiger partial charge in [-0.25, -0.2) is 4.98 Å². The van der Waals surface area contributed by atoms with Crippen LogP contribution in [0.5, 0.6) is 0 Å². The van der Waals surface area contributed by atoms with Gasteiger partial charge in [0.15, 0.2) is 0 Å². The Morgan fingerprint density at radius 2 is 2.06 bits per heavy atom. The fourth-order valence-electron chi connectivity index (χ4n) is 2.26. The molecule has 0 aliphatic heterocycles. The lowest BCUT2D eigenvalue weighted by molar-refractivity contribution is 0.110. The molecule has 0 N–H and O–H groups in total. The molecule has 0 bridgehead atoms. The van der Waals surface area contributed by atoms with E-state index in [1.54, 1.807) is 7.11 Å². The van der Waals surface area contributed by atoms with Crippen molar-refractivity contribution in [3.8, 4) is 0 Å². The number of alkyl halides is 1. The number of imidazole rings is 1. The molecule has 0 saturated heterocycles. The summed E-state index contributed by atoms with van der Waals surface area (Å²) in [6.45, 7) is 4.87. The van der Waals surface area contributed by atoms with E-state index >= 15 is 0 Å². The molecule has 0 saturated carbocycles. The van der Waals surface area contributed by atoms with E-state index in [9.17, 15) is 0 Å². The van der Waals surface area contributed by atoms with Crippen molar-refractivity contribution in [2.45, 2.75) is 25.3 Å². The molecule has 1 aromatic heterocycles. The van der Waals surface area contributed by atoms with Crippen LogP contribution < -0.4 is 0 Å². The minimum absolute atomic E-state index is 0.158. The number of fused-ring (bicyclic) bond motifs is 1. The predicted molar refractivity (Wildman–Crippen MR) is 70.5 cm³/mol. The summed E-state index contributed by atoms with van der Waals surface area (Å²) in [5.74, 6) is 1.29. The molecule has 0 atom stereocenters. The number of hydrogen-bond acceptors (Lipinski definition) is 2. The Labute approximate surface area is 106 Å². The topological polar surface area (TPSA) is 27.1 Å². The van der Waals surface area contributed by atoms with Crippen LogP contribution in [-0.4, -0.2) is 23.3 Å². The molecule has 0 unspecified atom stereocenters. The van der Waals surface area contributed by atoms with Crippen LogP contribution in [0.2, 0.25) is 0 Å². The summed E-state index contributed by atoms with van der Waals surface area (Å²) in [4.78, 5) is 4.56. The molecule has 1 heterocycles. The van der Waals surface area contributed by atoms with Crippen molar-refractivity contribution in [3.63, 3.8) is 0 Å². The maximum Gasteiger partial charge on any atom is 0.125 e. The van der Waals surface area contributed by atoms with E-state index in [1.165, 1.54) is 0 Å². The summed E-state index contributed by atoms with van der Waals surface area (Å²) in [7, 11) is 1.71. The quantitative estimate of drug-likeness (QED) is 0.782. The lowest BCUT2D eigenvalue weighted by Crippen LogP contribution is -2.32. The Morgan fingerprint density at radius 3 is 2.71 bits per heavy atom. The van der Waals surface area contributed by atoms with E-state index in [2.05, 4.69) is 29.5 Å². The van der Waals surface area contributed by atoms with Crippen LogP contribution >= 0.6 is 11.6 Å². The maximum atomic E-state index is 5.99. The second kappa shape index (κ2) is 4.67. The Morgan fingerprint density at radius 1 is 1.35 bits per heavy atom. The molecule has 4 heteroatoms. The Kier molecular flexibility index (Phi) is 3.40. The molecule has 3 nitrogen and oxygen atoms in total. The molecule has 2 rings (SSSR count). The van der Waals surface area contributed by atoms with Crippen molar-refractivity contribution in [2.75, 3.05) is 13.7 Å². The Balaban J connectivity index is 2.65. The number of methoxy groups -OCH3 is 1. The normalized spacial score (nSPS) is 12.2. The molecule has 2 aromatic rings. The highest BCUT2D eigenvalue weighted by Crippen LogP contribution is 2.26. The average molecular weight is 253 g/mol. The summed E-state index contributed by atoms with van der Waals surface area (Å²) >= 11 is 5.99. The van der Waals surface area contributed by atoms with E-state index < -0.39 is 0 Å². The van der Waals surface area contributed by atoms with Crippen molar-refractivity contribution in [3.05, 3.63) is 30.1 Å². The van der Waals surface area contributed by atoms with Gasteiger partial charge in [0.2, 0.25) is 0 Å². The summed E-state index contributed by atoms with van der Waals surface area (Å²) < 4.78 is 7.45. The molecule has 17 heavy (non-hydrogen) atoms. The molecule has 1 aromatic carbocycles. The van der Waals surface area contributed by atoms with E-state index in [-0.39, 0.29) is 5.54 Å². The number of aromatic nitrogens is 2. The van der Waals surface area contributed by atoms with Crippen molar-refractivity contribution >= 4 is 22.6 Å². The van der Waals surface area contributed by atoms with Crippen molar-refractivity contribution in [1.82, 2.24) is 9.55 Å². The molecular weight excluding hydrogens is 236 g/mol. The smallest absolute Gasteiger partial charge is 0.125 e. The largest absolute Gasteiger partial charge is 0.382 e. The third-order valence-corrected chi connectivity index (χ3v) is 3.09. The minimum atomic E-state index is -0.158. The first-order valence-corrected chi connectivity index (χ1v) is 6.15. The van der Waals surface area contributed by atoms with Gasteiger partial charge < -0.3 is 9.30 Å². The first-order valence-electron chi connectivity index (χ1n) is 5.62. The van der Waals surface area contributed by atoms with Gasteiger partial charge in [0.25, 0.3) is 0 Å². The number of para-hydroxylation sites is 2. The molecule has 0 amide bonds. The number of hydrogen-bond donors (Lipinski definition) is 0. The van der Waals surface area contributed by atoms with Crippen LogP contribution in [0, 0.1) is 0 Å². The van der Waals surface area contributed by atoms with Gasteiger partial charge in [-0.2, -0.15) is 0 Å². The van der Waals surface area contributed by atoms with Gasteiger partial charge in [-0.15, -0.1) is 11.6 Å². The predicted octanol–water partition coefficient (Wildman–Crippen LogP) is 3.16. The number of ether oxygens (including phenoxy) is 1. The van der Waals surface area contributed by atoms with Gasteiger partial charge in [-0.1, -0.05) is 12.1 Å². The number of halogens is 1. The average Bonchev–Trinajstić information content (AvgIpc) is 2.67.